The smallest absolute Gasteiger partial charge is 0.114 e. The van der Waals surface area contributed by atoms with Gasteiger partial charge in [-0.3, -0.25) is 4.90 Å². The molecule has 5 rings (SSSR count). The van der Waals surface area contributed by atoms with Crippen LogP contribution in [0.4, 0.5) is 0 Å². The number of fused-ring (bicyclic) bond motifs is 1. The van der Waals surface area contributed by atoms with E-state index in [1.165, 1.54) is 0 Å². The summed E-state index contributed by atoms with van der Waals surface area (Å²) in [6.45, 7) is 6.48. The van der Waals surface area contributed by atoms with Crippen LogP contribution in [0.2, 0.25) is 0 Å². The topological polar surface area (TPSA) is 40.2 Å². The van der Waals surface area contributed by atoms with Crippen LogP contribution >= 0.6 is 0 Å². The number of likely N-dealkylation sites (tertiary alicyclic amines) is 1. The van der Waals surface area contributed by atoms with E-state index in [0.717, 1.165) is 16.7 Å². The number of likely N-dealkylation sites (N-methyl/N-ethyl adjacent to an activating group) is 1. The lowest BCUT2D eigenvalue weighted by molar-refractivity contribution is -0.317. The van der Waals surface area contributed by atoms with Gasteiger partial charge in [-0.2, -0.15) is 0 Å². The van der Waals surface area contributed by atoms with E-state index in [0.29, 0.717) is 26.4 Å². The number of ether oxygens (including phenoxy) is 4. The third-order valence-corrected chi connectivity index (χ3v) is 7.68. The van der Waals surface area contributed by atoms with Crippen LogP contribution in [0.25, 0.3) is 0 Å². The Morgan fingerprint density at radius 3 is 1.69 bits per heavy atom. The van der Waals surface area contributed by atoms with Gasteiger partial charge in [0, 0.05) is 5.54 Å². The summed E-state index contributed by atoms with van der Waals surface area (Å²) in [7, 11) is 2.16. The Bertz CT molecular complexity index is 1080. The van der Waals surface area contributed by atoms with E-state index in [4.69, 9.17) is 18.9 Å². The monoisotopic (exact) mass is 487 g/mol. The van der Waals surface area contributed by atoms with E-state index >= 15 is 0 Å². The molecular formula is C31H37NO4. The van der Waals surface area contributed by atoms with Gasteiger partial charge in [-0.15, -0.1) is 0 Å². The molecule has 0 aromatic heterocycles. The number of nitrogens with zero attached hydrogens (tertiary/aromatic N) is 1. The van der Waals surface area contributed by atoms with Gasteiger partial charge in [0.25, 0.3) is 0 Å². The van der Waals surface area contributed by atoms with Crippen LogP contribution in [0.3, 0.4) is 0 Å². The molecule has 2 aliphatic rings. The van der Waals surface area contributed by atoms with Crippen LogP contribution in [0.15, 0.2) is 91.0 Å². The Morgan fingerprint density at radius 1 is 0.694 bits per heavy atom. The van der Waals surface area contributed by atoms with E-state index < -0.39 is 0 Å². The van der Waals surface area contributed by atoms with E-state index in [1.54, 1.807) is 0 Å². The lowest BCUT2D eigenvalue weighted by Gasteiger charge is -2.65. The van der Waals surface area contributed by atoms with Crippen molar-refractivity contribution in [3.8, 4) is 0 Å². The third-order valence-electron chi connectivity index (χ3n) is 7.68. The van der Waals surface area contributed by atoms with Crippen molar-refractivity contribution in [3.63, 3.8) is 0 Å². The van der Waals surface area contributed by atoms with Crippen LogP contribution in [-0.4, -0.2) is 54.6 Å². The standard InChI is InChI=1S/C31H37NO4/c1-31(2)30-27(32(31)3)29(35-21-25-17-11-6-12-18-25)28(34-20-24-15-9-5-10-16-24)26(36-30)22-33-19-23-13-7-4-8-14-23/h4-18,26-30H,19-22H2,1-3H3. The summed E-state index contributed by atoms with van der Waals surface area (Å²) in [4.78, 5) is 2.37. The van der Waals surface area contributed by atoms with Crippen molar-refractivity contribution < 1.29 is 18.9 Å². The fourth-order valence-corrected chi connectivity index (χ4v) is 5.37. The van der Waals surface area contributed by atoms with Crippen molar-refractivity contribution in [1.29, 1.82) is 0 Å². The summed E-state index contributed by atoms with van der Waals surface area (Å²) in [5.41, 5.74) is 3.35. The molecule has 0 saturated carbocycles. The maximum atomic E-state index is 6.72. The third kappa shape index (κ3) is 5.41. The molecule has 0 N–H and O–H groups in total. The molecule has 0 bridgehead atoms. The molecule has 2 saturated heterocycles. The number of benzene rings is 3. The summed E-state index contributed by atoms with van der Waals surface area (Å²) in [5.74, 6) is 0. The Kier molecular flexibility index (Phi) is 7.85. The minimum absolute atomic E-state index is 0.0465. The highest BCUT2D eigenvalue weighted by molar-refractivity contribution is 5.18. The molecule has 0 amide bonds. The highest BCUT2D eigenvalue weighted by Crippen LogP contribution is 2.45. The first-order valence-corrected chi connectivity index (χ1v) is 12.8. The van der Waals surface area contributed by atoms with Gasteiger partial charge in [-0.05, 0) is 37.6 Å². The molecule has 36 heavy (non-hydrogen) atoms. The van der Waals surface area contributed by atoms with E-state index in [9.17, 15) is 0 Å². The first-order valence-electron chi connectivity index (χ1n) is 12.8. The van der Waals surface area contributed by atoms with Crippen molar-refractivity contribution in [2.45, 2.75) is 69.7 Å². The van der Waals surface area contributed by atoms with Gasteiger partial charge in [-0.25, -0.2) is 0 Å². The normalized spacial score (nSPS) is 27.2. The molecule has 0 radical (unpaired) electrons. The van der Waals surface area contributed by atoms with Crippen LogP contribution in [0.5, 0.6) is 0 Å². The maximum absolute atomic E-state index is 6.72. The molecule has 0 spiro atoms. The van der Waals surface area contributed by atoms with Gasteiger partial charge in [0.2, 0.25) is 0 Å². The quantitative estimate of drug-likeness (QED) is 0.391. The van der Waals surface area contributed by atoms with E-state index in [2.05, 4.69) is 62.2 Å². The molecule has 2 aliphatic heterocycles. The van der Waals surface area contributed by atoms with Gasteiger partial charge < -0.3 is 18.9 Å². The average Bonchev–Trinajstić information content (AvgIpc) is 2.92. The predicted molar refractivity (Wildman–Crippen MR) is 140 cm³/mol. The minimum Gasteiger partial charge on any atom is -0.374 e. The Hall–Kier alpha value is -2.54. The zero-order valence-electron chi connectivity index (χ0n) is 21.5. The molecule has 5 atom stereocenters. The Balaban J connectivity index is 1.36. The fraction of sp³-hybridized carbons (Fsp3) is 0.419. The molecule has 5 unspecified atom stereocenters. The molecule has 190 valence electrons. The van der Waals surface area contributed by atoms with Gasteiger partial charge >= 0.3 is 0 Å². The van der Waals surface area contributed by atoms with E-state index in [-0.39, 0.29) is 36.0 Å². The van der Waals surface area contributed by atoms with Crippen LogP contribution in [0.1, 0.15) is 30.5 Å². The second kappa shape index (κ2) is 11.2. The van der Waals surface area contributed by atoms with Crippen molar-refractivity contribution in [3.05, 3.63) is 108 Å². The fourth-order valence-electron chi connectivity index (χ4n) is 5.37. The van der Waals surface area contributed by atoms with Crippen molar-refractivity contribution in [2.75, 3.05) is 13.7 Å². The van der Waals surface area contributed by atoms with Crippen LogP contribution in [0, 0.1) is 0 Å². The maximum Gasteiger partial charge on any atom is 0.114 e. The lowest BCUT2D eigenvalue weighted by atomic mass is 9.72. The molecule has 5 heteroatoms. The molecule has 2 fully saturated rings. The van der Waals surface area contributed by atoms with Crippen molar-refractivity contribution >= 4 is 0 Å². The minimum atomic E-state index is -0.260. The Morgan fingerprint density at radius 2 is 1.17 bits per heavy atom. The number of rotatable bonds is 10. The summed E-state index contributed by atoms with van der Waals surface area (Å²) < 4.78 is 26.2. The first-order chi connectivity index (χ1) is 17.5. The molecular weight excluding hydrogens is 450 g/mol. The summed E-state index contributed by atoms with van der Waals surface area (Å²) in [5, 5.41) is 0. The number of hydrogen-bond acceptors (Lipinski definition) is 5. The average molecular weight is 488 g/mol. The first kappa shape index (κ1) is 25.1. The second-order valence-electron chi connectivity index (χ2n) is 10.4. The van der Waals surface area contributed by atoms with Gasteiger partial charge in [0.1, 0.15) is 18.3 Å². The van der Waals surface area contributed by atoms with Gasteiger partial charge in [0.15, 0.2) is 0 Å². The highest BCUT2D eigenvalue weighted by Gasteiger charge is 2.63. The lowest BCUT2D eigenvalue weighted by Crippen LogP contribution is -2.82. The highest BCUT2D eigenvalue weighted by atomic mass is 16.6. The summed E-state index contributed by atoms with van der Waals surface area (Å²) in [6.07, 6.45) is -0.585. The van der Waals surface area contributed by atoms with Crippen LogP contribution < -0.4 is 0 Å². The zero-order chi connectivity index (χ0) is 25.0. The van der Waals surface area contributed by atoms with E-state index in [1.807, 2.05) is 54.6 Å². The largest absolute Gasteiger partial charge is 0.374 e. The molecule has 3 aromatic rings. The van der Waals surface area contributed by atoms with Crippen molar-refractivity contribution in [2.24, 2.45) is 0 Å². The SMILES string of the molecule is CN1C2C(OCc3ccccc3)C(OCc3ccccc3)C(COCc3ccccc3)OC2C1(C)C. The van der Waals surface area contributed by atoms with Crippen LogP contribution in [-0.2, 0) is 38.8 Å². The van der Waals surface area contributed by atoms with Gasteiger partial charge in [-0.1, -0.05) is 91.0 Å². The van der Waals surface area contributed by atoms with Crippen molar-refractivity contribution in [1.82, 2.24) is 4.90 Å². The number of hydrogen-bond donors (Lipinski definition) is 0. The summed E-state index contributed by atoms with van der Waals surface area (Å²) >= 11 is 0. The zero-order valence-corrected chi connectivity index (χ0v) is 21.5. The Labute approximate surface area is 214 Å². The predicted octanol–water partition coefficient (Wildman–Crippen LogP) is 5.23. The second-order valence-corrected chi connectivity index (χ2v) is 10.4. The molecule has 3 aromatic carbocycles. The molecule has 2 heterocycles. The van der Waals surface area contributed by atoms with Gasteiger partial charge in [0.05, 0.1) is 38.6 Å². The molecule has 0 aliphatic carbocycles. The summed E-state index contributed by atoms with van der Waals surface area (Å²) in [6, 6.07) is 31.0. The molecule has 5 nitrogen and oxygen atoms in total.